The second-order valence-corrected chi connectivity index (χ2v) is 6.45. The number of anilines is 2. The van der Waals surface area contributed by atoms with Crippen molar-refractivity contribution in [3.8, 4) is 0 Å². The van der Waals surface area contributed by atoms with Crippen molar-refractivity contribution in [2.45, 2.75) is 11.8 Å². The van der Waals surface area contributed by atoms with E-state index >= 15 is 0 Å². The molecule has 0 saturated carbocycles. The predicted octanol–water partition coefficient (Wildman–Crippen LogP) is 4.13. The number of carbonyl (C=O) groups excluding carboxylic acids is 2. The van der Waals surface area contributed by atoms with E-state index in [1.165, 1.54) is 11.8 Å². The van der Waals surface area contributed by atoms with Gasteiger partial charge in [-0.15, -0.1) is 0 Å². The molecule has 0 aromatic heterocycles. The third-order valence-electron chi connectivity index (χ3n) is 3.26. The molecule has 1 heterocycles. The van der Waals surface area contributed by atoms with Crippen molar-refractivity contribution in [1.29, 1.82) is 0 Å². The fourth-order valence-electron chi connectivity index (χ4n) is 2.06. The summed E-state index contributed by atoms with van der Waals surface area (Å²) in [6.07, 6.45) is 0. The van der Waals surface area contributed by atoms with E-state index in [9.17, 15) is 9.59 Å². The van der Waals surface area contributed by atoms with Crippen LogP contribution in [0.1, 0.15) is 5.56 Å². The fraction of sp³-hybridized carbons (Fsp3) is 0.0588. The normalized spacial score (nSPS) is 15.5. The number of aryl methyl sites for hydroxylation is 1. The van der Waals surface area contributed by atoms with E-state index in [-0.39, 0.29) is 15.8 Å². The maximum Gasteiger partial charge on any atom is 0.268 e. The highest BCUT2D eigenvalue weighted by Crippen LogP contribution is 2.40. The van der Waals surface area contributed by atoms with Gasteiger partial charge in [-0.2, -0.15) is 0 Å². The number of hydrogen-bond acceptors (Lipinski definition) is 3. The number of hydrogen-bond donors (Lipinski definition) is 2. The number of halogens is 1. The zero-order chi connectivity index (χ0) is 16.4. The van der Waals surface area contributed by atoms with E-state index in [0.29, 0.717) is 5.69 Å². The summed E-state index contributed by atoms with van der Waals surface area (Å²) < 4.78 is 0. The first-order valence-corrected chi connectivity index (χ1v) is 8.10. The summed E-state index contributed by atoms with van der Waals surface area (Å²) in [5.41, 5.74) is 2.43. The molecular formula is C17H13ClN2O2S. The van der Waals surface area contributed by atoms with Crippen LogP contribution in [0.3, 0.4) is 0 Å². The molecule has 116 valence electrons. The molecule has 0 bridgehead atoms. The molecule has 0 unspecified atom stereocenters. The summed E-state index contributed by atoms with van der Waals surface area (Å²) in [5, 5.41) is 5.30. The molecule has 4 nitrogen and oxygen atoms in total. The number of benzene rings is 2. The Kier molecular flexibility index (Phi) is 4.41. The molecule has 0 saturated heterocycles. The van der Waals surface area contributed by atoms with Gasteiger partial charge in [0.25, 0.3) is 11.8 Å². The second-order valence-electron chi connectivity index (χ2n) is 5.02. The van der Waals surface area contributed by atoms with Crippen LogP contribution in [0, 0.1) is 6.92 Å². The lowest BCUT2D eigenvalue weighted by molar-refractivity contribution is -0.114. The minimum atomic E-state index is -0.507. The van der Waals surface area contributed by atoms with Gasteiger partial charge in [-0.3, -0.25) is 9.59 Å². The minimum absolute atomic E-state index is 0.123. The quantitative estimate of drug-likeness (QED) is 0.805. The maximum absolute atomic E-state index is 12.3. The Labute approximate surface area is 142 Å². The van der Waals surface area contributed by atoms with Crippen LogP contribution in [0.15, 0.2) is 63.4 Å². The molecule has 0 spiro atoms. The first kappa shape index (κ1) is 15.6. The van der Waals surface area contributed by atoms with E-state index < -0.39 is 5.91 Å². The summed E-state index contributed by atoms with van der Waals surface area (Å²) in [4.78, 5) is 25.4. The van der Waals surface area contributed by atoms with Gasteiger partial charge >= 0.3 is 0 Å². The fourth-order valence-corrected chi connectivity index (χ4v) is 3.24. The van der Waals surface area contributed by atoms with Crippen molar-refractivity contribution in [2.24, 2.45) is 0 Å². The summed E-state index contributed by atoms with van der Waals surface area (Å²) in [6, 6.07) is 14.7. The first-order chi connectivity index (χ1) is 11.0. The molecule has 6 heteroatoms. The highest BCUT2D eigenvalue weighted by Gasteiger charge is 2.26. The van der Waals surface area contributed by atoms with Gasteiger partial charge in [0, 0.05) is 10.6 Å². The zero-order valence-electron chi connectivity index (χ0n) is 12.2. The van der Waals surface area contributed by atoms with E-state index in [0.717, 1.165) is 16.1 Å². The Morgan fingerprint density at radius 3 is 2.57 bits per heavy atom. The van der Waals surface area contributed by atoms with Crippen molar-refractivity contribution in [3.63, 3.8) is 0 Å². The number of fused-ring (bicyclic) bond motifs is 1. The third-order valence-corrected chi connectivity index (χ3v) is 4.90. The summed E-state index contributed by atoms with van der Waals surface area (Å²) in [5.74, 6) is -0.884. The topological polar surface area (TPSA) is 58.2 Å². The first-order valence-electron chi connectivity index (χ1n) is 6.90. The average molecular weight is 345 g/mol. The Bertz CT molecular complexity index is 816. The SMILES string of the molecule is Cc1ccc(NC(=O)/C(Cl)=C2\Sc3ccccc3NC2=O)cc1. The molecule has 0 aliphatic carbocycles. The van der Waals surface area contributed by atoms with Crippen molar-refractivity contribution in [3.05, 3.63) is 64.0 Å². The lowest BCUT2D eigenvalue weighted by Gasteiger charge is -2.19. The Morgan fingerprint density at radius 1 is 1.13 bits per heavy atom. The van der Waals surface area contributed by atoms with Crippen molar-refractivity contribution >= 4 is 46.6 Å². The molecular weight excluding hydrogens is 332 g/mol. The van der Waals surface area contributed by atoms with Gasteiger partial charge in [0.1, 0.15) is 9.94 Å². The number of rotatable bonds is 2. The van der Waals surface area contributed by atoms with Gasteiger partial charge in [0.05, 0.1) is 5.69 Å². The van der Waals surface area contributed by atoms with Crippen LogP contribution in [0.25, 0.3) is 0 Å². The molecule has 3 rings (SSSR count). The minimum Gasteiger partial charge on any atom is -0.321 e. The molecule has 0 fully saturated rings. The van der Waals surface area contributed by atoms with Gasteiger partial charge in [-0.25, -0.2) is 0 Å². The van der Waals surface area contributed by atoms with Crippen molar-refractivity contribution in [1.82, 2.24) is 0 Å². The molecule has 0 radical (unpaired) electrons. The molecule has 2 aromatic carbocycles. The summed E-state index contributed by atoms with van der Waals surface area (Å²) in [6.45, 7) is 1.96. The third kappa shape index (κ3) is 3.41. The largest absolute Gasteiger partial charge is 0.321 e. The predicted molar refractivity (Wildman–Crippen MR) is 93.6 cm³/mol. The Balaban J connectivity index is 1.84. The van der Waals surface area contributed by atoms with Crippen LogP contribution in [0.5, 0.6) is 0 Å². The smallest absolute Gasteiger partial charge is 0.268 e. The highest BCUT2D eigenvalue weighted by atomic mass is 35.5. The van der Waals surface area contributed by atoms with Crippen molar-refractivity contribution in [2.75, 3.05) is 10.6 Å². The van der Waals surface area contributed by atoms with Gasteiger partial charge in [0.2, 0.25) is 0 Å². The molecule has 1 aliphatic rings. The standard InChI is InChI=1S/C17H13ClN2O2S/c1-10-6-8-11(9-7-10)19-16(21)14(18)15-17(22)20-12-4-2-3-5-13(12)23-15/h2-9H,1H3,(H,19,21)(H,20,22)/b15-14+. The molecule has 1 aliphatic heterocycles. The Morgan fingerprint density at radius 2 is 1.83 bits per heavy atom. The zero-order valence-corrected chi connectivity index (χ0v) is 13.8. The van der Waals surface area contributed by atoms with E-state index in [1.54, 1.807) is 18.2 Å². The molecule has 2 N–H and O–H groups in total. The monoisotopic (exact) mass is 344 g/mol. The van der Waals surface area contributed by atoms with Crippen LogP contribution in [-0.4, -0.2) is 11.8 Å². The van der Waals surface area contributed by atoms with Crippen molar-refractivity contribution < 1.29 is 9.59 Å². The van der Waals surface area contributed by atoms with Crippen LogP contribution in [0.4, 0.5) is 11.4 Å². The second kappa shape index (κ2) is 6.48. The van der Waals surface area contributed by atoms with E-state index in [4.69, 9.17) is 11.6 Å². The Hall–Kier alpha value is -2.24. The van der Waals surface area contributed by atoms with Crippen LogP contribution in [-0.2, 0) is 9.59 Å². The van der Waals surface area contributed by atoms with Crippen LogP contribution in [0.2, 0.25) is 0 Å². The summed E-state index contributed by atoms with van der Waals surface area (Å²) >= 11 is 7.33. The lowest BCUT2D eigenvalue weighted by Crippen LogP contribution is -2.21. The number of nitrogens with one attached hydrogen (secondary N) is 2. The van der Waals surface area contributed by atoms with E-state index in [2.05, 4.69) is 10.6 Å². The molecule has 2 aromatic rings. The van der Waals surface area contributed by atoms with E-state index in [1.807, 2.05) is 37.3 Å². The van der Waals surface area contributed by atoms with Gasteiger partial charge in [-0.1, -0.05) is 53.2 Å². The number of amides is 2. The average Bonchev–Trinajstić information content (AvgIpc) is 2.55. The van der Waals surface area contributed by atoms with Crippen LogP contribution >= 0.6 is 23.4 Å². The van der Waals surface area contributed by atoms with Crippen LogP contribution < -0.4 is 10.6 Å². The molecule has 0 atom stereocenters. The van der Waals surface area contributed by atoms with Gasteiger partial charge < -0.3 is 10.6 Å². The number of para-hydroxylation sites is 1. The number of thioether (sulfide) groups is 1. The van der Waals surface area contributed by atoms with Gasteiger partial charge in [-0.05, 0) is 31.2 Å². The molecule has 23 heavy (non-hydrogen) atoms. The lowest BCUT2D eigenvalue weighted by atomic mass is 10.2. The summed E-state index contributed by atoms with van der Waals surface area (Å²) in [7, 11) is 0. The maximum atomic E-state index is 12.3. The van der Waals surface area contributed by atoms with Gasteiger partial charge in [0.15, 0.2) is 0 Å². The number of carbonyl (C=O) groups is 2. The molecule has 2 amide bonds. The highest BCUT2D eigenvalue weighted by molar-refractivity contribution is 8.04.